The second kappa shape index (κ2) is 2.86. The minimum atomic E-state index is -0.311. The number of nitrogens with zero attached hydrogens (tertiary/aromatic N) is 1. The molecule has 2 N–H and O–H groups in total. The molecule has 0 spiro atoms. The molecule has 0 aliphatic rings. The molecule has 1 aromatic rings. The first-order chi connectivity index (χ1) is 4.83. The van der Waals surface area contributed by atoms with Crippen LogP contribution >= 0.6 is 0 Å². The molecule has 0 saturated heterocycles. The first kappa shape index (κ1) is 6.60. The van der Waals surface area contributed by atoms with Crippen LogP contribution in [-0.4, -0.2) is 18.2 Å². The molecule has 0 bridgehead atoms. The average Bonchev–Trinajstić information content (AvgIpc) is 2.40. The predicted octanol–water partition coefficient (Wildman–Crippen LogP) is 0.426. The van der Waals surface area contributed by atoms with E-state index in [0.717, 1.165) is 0 Å². The Balaban J connectivity index is 2.48. The van der Waals surface area contributed by atoms with Gasteiger partial charge in [-0.05, 0) is 0 Å². The van der Waals surface area contributed by atoms with Crippen molar-refractivity contribution in [1.82, 2.24) is 10.5 Å². The number of rotatable bonds is 1. The maximum Gasteiger partial charge on any atom is 0.320 e. The van der Waals surface area contributed by atoms with Gasteiger partial charge in [0, 0.05) is 13.1 Å². The van der Waals surface area contributed by atoms with Gasteiger partial charge in [0.1, 0.15) is 6.26 Å². The lowest BCUT2D eigenvalue weighted by atomic mass is 10.6. The maximum atomic E-state index is 10.6. The summed E-state index contributed by atoms with van der Waals surface area (Å²) in [5, 5.41) is 8.25. The fourth-order valence-corrected chi connectivity index (χ4v) is 0.456. The zero-order valence-corrected chi connectivity index (χ0v) is 5.42. The van der Waals surface area contributed by atoms with Crippen LogP contribution in [0.25, 0.3) is 0 Å². The number of carbonyl (C=O) groups is 1. The third-order valence-corrected chi connectivity index (χ3v) is 0.906. The van der Waals surface area contributed by atoms with E-state index < -0.39 is 0 Å². The van der Waals surface area contributed by atoms with Gasteiger partial charge in [-0.1, -0.05) is 5.16 Å². The van der Waals surface area contributed by atoms with Gasteiger partial charge in [-0.2, -0.15) is 0 Å². The Morgan fingerprint density at radius 2 is 2.60 bits per heavy atom. The highest BCUT2D eigenvalue weighted by atomic mass is 16.5. The zero-order chi connectivity index (χ0) is 7.40. The van der Waals surface area contributed by atoms with Crippen LogP contribution in [0.3, 0.4) is 0 Å². The van der Waals surface area contributed by atoms with Crippen molar-refractivity contribution >= 4 is 11.8 Å². The molecule has 0 aliphatic carbocycles. The van der Waals surface area contributed by atoms with Crippen LogP contribution in [0.4, 0.5) is 10.6 Å². The van der Waals surface area contributed by atoms with Crippen molar-refractivity contribution in [1.29, 1.82) is 0 Å². The van der Waals surface area contributed by atoms with Crippen molar-refractivity contribution in [3.05, 3.63) is 12.3 Å². The minimum absolute atomic E-state index is 0.311. The fraction of sp³-hybridized carbons (Fsp3) is 0.200. The van der Waals surface area contributed by atoms with Crippen LogP contribution in [0, 0.1) is 0 Å². The first-order valence-electron chi connectivity index (χ1n) is 2.72. The van der Waals surface area contributed by atoms with E-state index >= 15 is 0 Å². The number of aromatic nitrogens is 1. The molecule has 1 rings (SSSR count). The summed E-state index contributed by atoms with van der Waals surface area (Å²) in [6, 6.07) is 1.24. The Morgan fingerprint density at radius 1 is 1.80 bits per heavy atom. The number of nitrogens with one attached hydrogen (secondary N) is 2. The van der Waals surface area contributed by atoms with Crippen molar-refractivity contribution in [2.24, 2.45) is 0 Å². The molecule has 0 atom stereocenters. The largest absolute Gasteiger partial charge is 0.363 e. The molecule has 10 heavy (non-hydrogen) atoms. The van der Waals surface area contributed by atoms with E-state index in [1.54, 1.807) is 6.07 Å². The van der Waals surface area contributed by atoms with Crippen LogP contribution in [0.15, 0.2) is 16.9 Å². The highest BCUT2D eigenvalue weighted by Crippen LogP contribution is 1.99. The molecule has 0 aliphatic heterocycles. The fourth-order valence-electron chi connectivity index (χ4n) is 0.456. The maximum absolute atomic E-state index is 10.6. The van der Waals surface area contributed by atoms with E-state index in [1.165, 1.54) is 13.3 Å². The van der Waals surface area contributed by atoms with Crippen molar-refractivity contribution < 1.29 is 9.32 Å². The van der Waals surface area contributed by atoms with E-state index in [-0.39, 0.29) is 6.03 Å². The Kier molecular flexibility index (Phi) is 1.89. The summed E-state index contributed by atoms with van der Waals surface area (Å²) >= 11 is 0. The van der Waals surface area contributed by atoms with Gasteiger partial charge in [0.25, 0.3) is 0 Å². The lowest BCUT2D eigenvalue weighted by molar-refractivity contribution is 0.253. The van der Waals surface area contributed by atoms with Gasteiger partial charge in [-0.25, -0.2) is 4.79 Å². The molecule has 5 nitrogen and oxygen atoms in total. The van der Waals surface area contributed by atoms with Crippen LogP contribution < -0.4 is 10.6 Å². The molecule has 0 aromatic carbocycles. The van der Waals surface area contributed by atoms with Crippen LogP contribution in [0.2, 0.25) is 0 Å². The highest BCUT2D eigenvalue weighted by molar-refractivity contribution is 5.87. The second-order valence-corrected chi connectivity index (χ2v) is 1.59. The standard InChI is InChI=1S/C5H7N3O2/c1-6-5(9)7-4-2-3-10-8-4/h2-3H,1H3,(H2,6,7,8,9). The van der Waals surface area contributed by atoms with Crippen LogP contribution in [-0.2, 0) is 0 Å². The van der Waals surface area contributed by atoms with Crippen molar-refractivity contribution in [2.75, 3.05) is 12.4 Å². The van der Waals surface area contributed by atoms with E-state index in [0.29, 0.717) is 5.82 Å². The van der Waals surface area contributed by atoms with Crippen molar-refractivity contribution in [2.45, 2.75) is 0 Å². The van der Waals surface area contributed by atoms with E-state index in [4.69, 9.17) is 0 Å². The molecule has 1 heterocycles. The van der Waals surface area contributed by atoms with E-state index in [2.05, 4.69) is 20.3 Å². The molecule has 54 valence electrons. The third kappa shape index (κ3) is 1.48. The van der Waals surface area contributed by atoms with Crippen molar-refractivity contribution in [3.8, 4) is 0 Å². The molecule has 0 fully saturated rings. The molecular weight excluding hydrogens is 134 g/mol. The van der Waals surface area contributed by atoms with Gasteiger partial charge in [0.15, 0.2) is 5.82 Å². The normalized spacial score (nSPS) is 8.90. The SMILES string of the molecule is CNC(=O)Nc1ccon1. The summed E-state index contributed by atoms with van der Waals surface area (Å²) in [4.78, 5) is 10.6. The number of amides is 2. The predicted molar refractivity (Wildman–Crippen MR) is 34.6 cm³/mol. The van der Waals surface area contributed by atoms with E-state index in [9.17, 15) is 4.79 Å². The number of hydrogen-bond donors (Lipinski definition) is 2. The number of carbonyl (C=O) groups excluding carboxylic acids is 1. The van der Waals surface area contributed by atoms with Gasteiger partial charge >= 0.3 is 6.03 Å². The Hall–Kier alpha value is -1.52. The summed E-state index contributed by atoms with van der Waals surface area (Å²) in [5.41, 5.74) is 0. The minimum Gasteiger partial charge on any atom is -0.363 e. The number of urea groups is 1. The van der Waals surface area contributed by atoms with Gasteiger partial charge in [0.05, 0.1) is 0 Å². The molecular formula is C5H7N3O2. The smallest absolute Gasteiger partial charge is 0.320 e. The molecule has 0 radical (unpaired) electrons. The summed E-state index contributed by atoms with van der Waals surface area (Å²) in [6.07, 6.45) is 1.38. The average molecular weight is 141 g/mol. The Bertz CT molecular complexity index is 207. The monoisotopic (exact) mass is 141 g/mol. The molecule has 0 unspecified atom stereocenters. The summed E-state index contributed by atoms with van der Waals surface area (Å²) < 4.78 is 4.47. The lowest BCUT2D eigenvalue weighted by Crippen LogP contribution is -2.24. The van der Waals surface area contributed by atoms with Crippen LogP contribution in [0.5, 0.6) is 0 Å². The van der Waals surface area contributed by atoms with Gasteiger partial charge < -0.3 is 9.84 Å². The molecule has 2 amide bonds. The number of hydrogen-bond acceptors (Lipinski definition) is 3. The van der Waals surface area contributed by atoms with Gasteiger partial charge in [-0.3, -0.25) is 5.32 Å². The lowest BCUT2D eigenvalue weighted by Gasteiger charge is -1.96. The summed E-state index contributed by atoms with van der Waals surface area (Å²) in [5.74, 6) is 0.402. The summed E-state index contributed by atoms with van der Waals surface area (Å²) in [7, 11) is 1.52. The second-order valence-electron chi connectivity index (χ2n) is 1.59. The molecule has 0 saturated carbocycles. The molecule has 1 aromatic heterocycles. The Labute approximate surface area is 57.4 Å². The van der Waals surface area contributed by atoms with Gasteiger partial charge in [-0.15, -0.1) is 0 Å². The van der Waals surface area contributed by atoms with Crippen LogP contribution in [0.1, 0.15) is 0 Å². The first-order valence-corrected chi connectivity index (χ1v) is 2.72. The topological polar surface area (TPSA) is 67.2 Å². The Morgan fingerprint density at radius 3 is 3.10 bits per heavy atom. The zero-order valence-electron chi connectivity index (χ0n) is 5.42. The third-order valence-electron chi connectivity index (χ3n) is 0.906. The molecule has 5 heteroatoms. The van der Waals surface area contributed by atoms with Crippen molar-refractivity contribution in [3.63, 3.8) is 0 Å². The van der Waals surface area contributed by atoms with E-state index in [1.807, 2.05) is 0 Å². The quantitative estimate of drug-likeness (QED) is 0.595. The summed E-state index contributed by atoms with van der Waals surface area (Å²) in [6.45, 7) is 0. The highest BCUT2D eigenvalue weighted by Gasteiger charge is 1.98. The number of anilines is 1. The van der Waals surface area contributed by atoms with Gasteiger partial charge in [0.2, 0.25) is 0 Å².